The number of anilines is 1. The number of ketones is 2. The molecule has 0 radical (unpaired) electrons. The maximum Gasteiger partial charge on any atom is 0.308 e. The molecule has 0 atom stereocenters. The molecule has 0 unspecified atom stereocenters. The van der Waals surface area contributed by atoms with Crippen LogP contribution in [0.5, 0.6) is 17.2 Å². The second-order valence-corrected chi connectivity index (χ2v) is 10.0. The van der Waals surface area contributed by atoms with Gasteiger partial charge in [0.15, 0.2) is 17.3 Å². The second-order valence-electron chi connectivity index (χ2n) is 10.0. The maximum atomic E-state index is 13.8. The minimum absolute atomic E-state index is 0.0961. The van der Waals surface area contributed by atoms with Crippen molar-refractivity contribution in [1.82, 2.24) is 0 Å². The molecule has 1 aliphatic carbocycles. The third-order valence-electron chi connectivity index (χ3n) is 6.15. The van der Waals surface area contributed by atoms with Crippen LogP contribution in [0.15, 0.2) is 54.6 Å². The average molecular weight is 514 g/mol. The molecule has 8 heteroatoms. The van der Waals surface area contributed by atoms with Gasteiger partial charge >= 0.3 is 5.97 Å². The number of hydrogen-bond acceptors (Lipinski definition) is 7. The molecule has 194 valence electrons. The lowest BCUT2D eigenvalue weighted by Gasteiger charge is -2.28. The third kappa shape index (κ3) is 4.72. The standard InChI is InChI=1S/C30H27NO7/c1-16(32)31(17(2)33)27-24(38-20-13-11-19(12-14-20)30(4,5)6)15-23(37-18(3)34)25-26(27)29(36)22-10-8-7-9-21(22)28(25)35/h7-15H,1-6H3. The van der Waals surface area contributed by atoms with Crippen LogP contribution in [0, 0.1) is 0 Å². The van der Waals surface area contributed by atoms with Gasteiger partial charge in [-0.15, -0.1) is 0 Å². The summed E-state index contributed by atoms with van der Waals surface area (Å²) in [5, 5.41) is 0. The van der Waals surface area contributed by atoms with E-state index in [2.05, 4.69) is 20.8 Å². The molecule has 0 saturated heterocycles. The predicted molar refractivity (Wildman–Crippen MR) is 140 cm³/mol. The molecule has 0 saturated carbocycles. The molecular weight excluding hydrogens is 486 g/mol. The SMILES string of the molecule is CC(=O)Oc1cc(Oc2ccc(C(C)(C)C)cc2)c(N(C(C)=O)C(C)=O)c2c1C(=O)c1ccccc1C2=O. The lowest BCUT2D eigenvalue weighted by atomic mass is 9.82. The van der Waals surface area contributed by atoms with Crippen molar-refractivity contribution in [2.45, 2.75) is 47.0 Å². The molecule has 3 aromatic carbocycles. The number of carbonyl (C=O) groups excluding carboxylic acids is 5. The monoisotopic (exact) mass is 513 g/mol. The minimum Gasteiger partial charge on any atom is -0.455 e. The number of hydrogen-bond donors (Lipinski definition) is 0. The Labute approximate surface area is 220 Å². The Morgan fingerprint density at radius 2 is 1.26 bits per heavy atom. The zero-order valence-corrected chi connectivity index (χ0v) is 22.0. The third-order valence-corrected chi connectivity index (χ3v) is 6.15. The Kier molecular flexibility index (Phi) is 6.76. The summed E-state index contributed by atoms with van der Waals surface area (Å²) in [6.45, 7) is 9.68. The summed E-state index contributed by atoms with van der Waals surface area (Å²) < 4.78 is 11.5. The first-order valence-electron chi connectivity index (χ1n) is 12.0. The van der Waals surface area contributed by atoms with Crippen molar-refractivity contribution >= 4 is 35.0 Å². The summed E-state index contributed by atoms with van der Waals surface area (Å²) in [4.78, 5) is 65.6. The lowest BCUT2D eigenvalue weighted by molar-refractivity contribution is -0.132. The summed E-state index contributed by atoms with van der Waals surface area (Å²) in [7, 11) is 0. The van der Waals surface area contributed by atoms with Crippen LogP contribution in [0.25, 0.3) is 0 Å². The van der Waals surface area contributed by atoms with Crippen LogP contribution in [0.1, 0.15) is 78.9 Å². The van der Waals surface area contributed by atoms with E-state index in [-0.39, 0.29) is 44.9 Å². The molecule has 0 bridgehead atoms. The first kappa shape index (κ1) is 26.5. The van der Waals surface area contributed by atoms with Gasteiger partial charge in [-0.2, -0.15) is 0 Å². The van der Waals surface area contributed by atoms with E-state index in [0.717, 1.165) is 17.4 Å². The number of carbonyl (C=O) groups is 5. The quantitative estimate of drug-likeness (QED) is 0.266. The number of nitrogens with zero attached hydrogens (tertiary/aromatic N) is 1. The molecule has 0 aromatic heterocycles. The van der Waals surface area contributed by atoms with Crippen molar-refractivity contribution in [1.29, 1.82) is 0 Å². The molecule has 0 spiro atoms. The van der Waals surface area contributed by atoms with E-state index in [1.165, 1.54) is 32.0 Å². The summed E-state index contributed by atoms with van der Waals surface area (Å²) in [5.41, 5.74) is 0.483. The average Bonchev–Trinajstić information content (AvgIpc) is 2.82. The van der Waals surface area contributed by atoms with E-state index in [9.17, 15) is 24.0 Å². The van der Waals surface area contributed by atoms with Crippen LogP contribution in [0.3, 0.4) is 0 Å². The lowest BCUT2D eigenvalue weighted by Crippen LogP contribution is -2.36. The van der Waals surface area contributed by atoms with Crippen molar-refractivity contribution in [2.24, 2.45) is 0 Å². The Bertz CT molecular complexity index is 1500. The van der Waals surface area contributed by atoms with Crippen molar-refractivity contribution in [2.75, 3.05) is 4.90 Å². The molecule has 1 aliphatic rings. The molecule has 38 heavy (non-hydrogen) atoms. The summed E-state index contributed by atoms with van der Waals surface area (Å²) >= 11 is 0. The molecule has 0 aliphatic heterocycles. The van der Waals surface area contributed by atoms with Gasteiger partial charge in [0.1, 0.15) is 17.2 Å². The normalized spacial score (nSPS) is 12.4. The topological polar surface area (TPSA) is 107 Å². The fraction of sp³-hybridized carbons (Fsp3) is 0.233. The highest BCUT2D eigenvalue weighted by Crippen LogP contribution is 2.46. The van der Waals surface area contributed by atoms with Gasteiger partial charge in [-0.25, -0.2) is 4.90 Å². The Morgan fingerprint density at radius 3 is 1.74 bits per heavy atom. The zero-order chi connectivity index (χ0) is 27.9. The van der Waals surface area contributed by atoms with Crippen LogP contribution in [0.2, 0.25) is 0 Å². The number of amides is 2. The number of rotatable bonds is 4. The van der Waals surface area contributed by atoms with Gasteiger partial charge in [0, 0.05) is 38.0 Å². The molecule has 4 rings (SSSR count). The molecule has 0 fully saturated rings. The minimum atomic E-state index is -0.727. The van der Waals surface area contributed by atoms with Gasteiger partial charge in [0.05, 0.1) is 11.1 Å². The highest BCUT2D eigenvalue weighted by atomic mass is 16.5. The molecule has 2 amide bonds. The van der Waals surface area contributed by atoms with Gasteiger partial charge in [-0.05, 0) is 23.1 Å². The van der Waals surface area contributed by atoms with E-state index in [0.29, 0.717) is 5.75 Å². The smallest absolute Gasteiger partial charge is 0.308 e. The van der Waals surface area contributed by atoms with E-state index in [4.69, 9.17) is 9.47 Å². The second kappa shape index (κ2) is 9.70. The predicted octanol–water partition coefficient (Wildman–Crippen LogP) is 5.38. The zero-order valence-electron chi connectivity index (χ0n) is 22.0. The van der Waals surface area contributed by atoms with Crippen molar-refractivity contribution in [3.05, 3.63) is 82.4 Å². The highest BCUT2D eigenvalue weighted by Gasteiger charge is 2.40. The summed E-state index contributed by atoms with van der Waals surface area (Å²) in [6, 6.07) is 14.6. The number of esters is 1. The first-order valence-corrected chi connectivity index (χ1v) is 12.0. The largest absolute Gasteiger partial charge is 0.455 e. The van der Waals surface area contributed by atoms with Gasteiger partial charge in [-0.3, -0.25) is 24.0 Å². The van der Waals surface area contributed by atoms with E-state index >= 15 is 0 Å². The van der Waals surface area contributed by atoms with Crippen molar-refractivity contribution < 1.29 is 33.4 Å². The maximum absolute atomic E-state index is 13.8. The summed E-state index contributed by atoms with van der Waals surface area (Å²) in [6.07, 6.45) is 0. The van der Waals surface area contributed by atoms with E-state index in [1.54, 1.807) is 24.3 Å². The Balaban J connectivity index is 2.04. The molecular formula is C30H27NO7. The van der Waals surface area contributed by atoms with Crippen LogP contribution in [0.4, 0.5) is 5.69 Å². The van der Waals surface area contributed by atoms with E-state index in [1.807, 2.05) is 12.1 Å². The number of benzene rings is 3. The number of ether oxygens (including phenoxy) is 2. The molecule has 0 heterocycles. The summed E-state index contributed by atoms with van der Waals surface area (Å²) in [5.74, 6) is -3.27. The van der Waals surface area contributed by atoms with Crippen LogP contribution < -0.4 is 14.4 Å². The fourth-order valence-electron chi connectivity index (χ4n) is 4.44. The van der Waals surface area contributed by atoms with Gasteiger partial charge in [-0.1, -0.05) is 57.2 Å². The number of fused-ring (bicyclic) bond motifs is 2. The van der Waals surface area contributed by atoms with Gasteiger partial charge in [0.25, 0.3) is 0 Å². The van der Waals surface area contributed by atoms with Crippen LogP contribution in [-0.4, -0.2) is 29.4 Å². The van der Waals surface area contributed by atoms with Crippen molar-refractivity contribution in [3.63, 3.8) is 0 Å². The van der Waals surface area contributed by atoms with Gasteiger partial charge in [0.2, 0.25) is 11.8 Å². The fourth-order valence-corrected chi connectivity index (χ4v) is 4.44. The highest BCUT2D eigenvalue weighted by molar-refractivity contribution is 6.33. The van der Waals surface area contributed by atoms with Crippen molar-refractivity contribution in [3.8, 4) is 17.2 Å². The Morgan fingerprint density at radius 1 is 0.737 bits per heavy atom. The molecule has 8 nitrogen and oxygen atoms in total. The van der Waals surface area contributed by atoms with Crippen LogP contribution >= 0.6 is 0 Å². The van der Waals surface area contributed by atoms with Crippen LogP contribution in [-0.2, 0) is 19.8 Å². The van der Waals surface area contributed by atoms with Gasteiger partial charge < -0.3 is 9.47 Å². The molecule has 0 N–H and O–H groups in total. The first-order chi connectivity index (χ1) is 17.8. The number of imide groups is 1. The Hall–Kier alpha value is -4.59. The molecule has 3 aromatic rings. The van der Waals surface area contributed by atoms with E-state index < -0.39 is 29.4 Å².